The third-order valence-corrected chi connectivity index (χ3v) is 2.73. The fraction of sp³-hybridized carbons (Fsp3) is 0.300. The number of rotatable bonds is 1. The van der Waals surface area contributed by atoms with E-state index in [0.717, 1.165) is 16.5 Å². The van der Waals surface area contributed by atoms with Crippen LogP contribution < -0.4 is 5.32 Å². The molecule has 1 atom stereocenters. The Bertz CT molecular complexity index is 336. The number of alkyl carbamates (subject to hydrolysis) is 1. The summed E-state index contributed by atoms with van der Waals surface area (Å²) in [6, 6.07) is 8.03. The van der Waals surface area contributed by atoms with Crippen LogP contribution in [0.2, 0.25) is 0 Å². The lowest BCUT2D eigenvalue weighted by atomic mass is 10.0. The number of hydrogen-bond donors (Lipinski definition) is 1. The van der Waals surface area contributed by atoms with Crippen molar-refractivity contribution in [1.29, 1.82) is 0 Å². The molecule has 14 heavy (non-hydrogen) atoms. The van der Waals surface area contributed by atoms with Gasteiger partial charge in [-0.15, -0.1) is 0 Å². The number of ether oxygens (including phenoxy) is 1. The van der Waals surface area contributed by atoms with Crippen molar-refractivity contribution in [3.8, 4) is 0 Å². The molecule has 1 aromatic carbocycles. The summed E-state index contributed by atoms with van der Waals surface area (Å²) < 4.78 is 5.84. The summed E-state index contributed by atoms with van der Waals surface area (Å²) in [7, 11) is 0. The van der Waals surface area contributed by atoms with Crippen molar-refractivity contribution in [2.75, 3.05) is 6.61 Å². The molecule has 0 radical (unpaired) electrons. The topological polar surface area (TPSA) is 38.3 Å². The van der Waals surface area contributed by atoms with Crippen LogP contribution in [0.1, 0.15) is 18.0 Å². The van der Waals surface area contributed by atoms with Gasteiger partial charge in [0.25, 0.3) is 0 Å². The third-order valence-electron chi connectivity index (χ3n) is 2.20. The number of cyclic esters (lactones) is 1. The summed E-state index contributed by atoms with van der Waals surface area (Å²) in [5, 5.41) is 2.78. The average Bonchev–Trinajstić information content (AvgIpc) is 2.19. The quantitative estimate of drug-likeness (QED) is 0.838. The van der Waals surface area contributed by atoms with Gasteiger partial charge < -0.3 is 10.1 Å². The van der Waals surface area contributed by atoms with E-state index in [4.69, 9.17) is 4.74 Å². The lowest BCUT2D eigenvalue weighted by molar-refractivity contribution is 0.115. The molecule has 3 nitrogen and oxygen atoms in total. The molecule has 1 heterocycles. The maximum atomic E-state index is 11.0. The lowest BCUT2D eigenvalue weighted by Gasteiger charge is -2.23. The van der Waals surface area contributed by atoms with Gasteiger partial charge in [-0.05, 0) is 17.7 Å². The normalized spacial score (nSPS) is 21.2. The van der Waals surface area contributed by atoms with E-state index in [1.165, 1.54) is 0 Å². The first-order valence-electron chi connectivity index (χ1n) is 4.44. The van der Waals surface area contributed by atoms with Gasteiger partial charge in [0.2, 0.25) is 0 Å². The molecular weight excluding hydrogens is 246 g/mol. The van der Waals surface area contributed by atoms with Crippen LogP contribution in [0.3, 0.4) is 0 Å². The second-order valence-electron chi connectivity index (χ2n) is 3.17. The van der Waals surface area contributed by atoms with E-state index < -0.39 is 0 Å². The zero-order valence-corrected chi connectivity index (χ0v) is 9.08. The van der Waals surface area contributed by atoms with Crippen molar-refractivity contribution in [2.45, 2.75) is 12.5 Å². The van der Waals surface area contributed by atoms with Crippen molar-refractivity contribution in [3.63, 3.8) is 0 Å². The van der Waals surface area contributed by atoms with Crippen LogP contribution in [0.25, 0.3) is 0 Å². The lowest BCUT2D eigenvalue weighted by Crippen LogP contribution is -2.35. The first-order valence-corrected chi connectivity index (χ1v) is 5.24. The monoisotopic (exact) mass is 255 g/mol. The highest BCUT2D eigenvalue weighted by molar-refractivity contribution is 9.10. The highest BCUT2D eigenvalue weighted by atomic mass is 79.9. The summed E-state index contributed by atoms with van der Waals surface area (Å²) in [5.74, 6) is 0. The van der Waals surface area contributed by atoms with Crippen LogP contribution in [0.15, 0.2) is 28.7 Å². The van der Waals surface area contributed by atoms with E-state index >= 15 is 0 Å². The Labute approximate surface area is 90.6 Å². The van der Waals surface area contributed by atoms with Gasteiger partial charge in [0.1, 0.15) is 0 Å². The molecule has 1 aromatic rings. The van der Waals surface area contributed by atoms with Crippen molar-refractivity contribution in [1.82, 2.24) is 5.32 Å². The summed E-state index contributed by atoms with van der Waals surface area (Å²) in [6.45, 7) is 0.493. The van der Waals surface area contributed by atoms with Crippen LogP contribution in [0.5, 0.6) is 0 Å². The van der Waals surface area contributed by atoms with Crippen LogP contribution in [0, 0.1) is 0 Å². The van der Waals surface area contributed by atoms with Crippen molar-refractivity contribution >= 4 is 22.0 Å². The first kappa shape index (κ1) is 9.52. The number of benzene rings is 1. The molecule has 74 valence electrons. The first-order chi connectivity index (χ1) is 6.75. The largest absolute Gasteiger partial charge is 0.449 e. The van der Waals surface area contributed by atoms with Crippen LogP contribution in [-0.2, 0) is 4.74 Å². The average molecular weight is 256 g/mol. The fourth-order valence-corrected chi connectivity index (χ4v) is 1.73. The smallest absolute Gasteiger partial charge is 0.407 e. The molecule has 0 aromatic heterocycles. The number of carbonyl (C=O) groups is 1. The Morgan fingerprint density at radius 2 is 2.07 bits per heavy atom. The Morgan fingerprint density at radius 1 is 1.36 bits per heavy atom. The van der Waals surface area contributed by atoms with Crippen LogP contribution >= 0.6 is 15.9 Å². The molecule has 1 saturated heterocycles. The molecule has 2 rings (SSSR count). The fourth-order valence-electron chi connectivity index (χ4n) is 1.47. The van der Waals surface area contributed by atoms with E-state index in [9.17, 15) is 4.79 Å². The minimum Gasteiger partial charge on any atom is -0.449 e. The molecule has 1 N–H and O–H groups in total. The van der Waals surface area contributed by atoms with E-state index in [-0.39, 0.29) is 12.1 Å². The highest BCUT2D eigenvalue weighted by Gasteiger charge is 2.20. The van der Waals surface area contributed by atoms with Crippen molar-refractivity contribution < 1.29 is 9.53 Å². The minimum absolute atomic E-state index is 0.0874. The molecule has 0 saturated carbocycles. The Kier molecular flexibility index (Phi) is 2.72. The Morgan fingerprint density at radius 3 is 2.71 bits per heavy atom. The van der Waals surface area contributed by atoms with Gasteiger partial charge in [-0.1, -0.05) is 28.1 Å². The standard InChI is InChI=1S/C10H10BrNO2/c11-8-3-1-7(2-4-8)9-5-6-14-10(13)12-9/h1-4,9H,5-6H2,(H,12,13)/t9-/m0/s1. The zero-order chi connectivity index (χ0) is 9.97. The van der Waals surface area contributed by atoms with Gasteiger partial charge >= 0.3 is 6.09 Å². The predicted molar refractivity (Wildman–Crippen MR) is 56.0 cm³/mol. The summed E-state index contributed by atoms with van der Waals surface area (Å²) in [4.78, 5) is 11.0. The number of carbonyl (C=O) groups excluding carboxylic acids is 1. The maximum Gasteiger partial charge on any atom is 0.407 e. The predicted octanol–water partition coefficient (Wildman–Crippen LogP) is 2.62. The zero-order valence-electron chi connectivity index (χ0n) is 7.50. The van der Waals surface area contributed by atoms with Crippen LogP contribution in [0.4, 0.5) is 4.79 Å². The number of nitrogens with one attached hydrogen (secondary N) is 1. The Hall–Kier alpha value is -1.03. The van der Waals surface area contributed by atoms with Gasteiger partial charge in [-0.3, -0.25) is 0 Å². The Balaban J connectivity index is 2.14. The molecule has 0 unspecified atom stereocenters. The van der Waals surface area contributed by atoms with E-state index in [1.807, 2.05) is 24.3 Å². The SMILES string of the molecule is O=C1N[C@H](c2ccc(Br)cc2)CCO1. The van der Waals surface area contributed by atoms with E-state index in [0.29, 0.717) is 6.61 Å². The molecule has 1 aliphatic rings. The summed E-state index contributed by atoms with van der Waals surface area (Å²) in [5.41, 5.74) is 1.12. The summed E-state index contributed by atoms with van der Waals surface area (Å²) >= 11 is 3.37. The maximum absolute atomic E-state index is 11.0. The van der Waals surface area contributed by atoms with Gasteiger partial charge in [0.05, 0.1) is 12.6 Å². The summed E-state index contributed by atoms with van der Waals surface area (Å²) in [6.07, 6.45) is 0.497. The molecular formula is C10H10BrNO2. The molecule has 1 amide bonds. The van der Waals surface area contributed by atoms with Gasteiger partial charge in [-0.25, -0.2) is 4.79 Å². The van der Waals surface area contributed by atoms with Crippen LogP contribution in [-0.4, -0.2) is 12.7 Å². The van der Waals surface area contributed by atoms with Gasteiger partial charge in [-0.2, -0.15) is 0 Å². The van der Waals surface area contributed by atoms with E-state index in [1.54, 1.807) is 0 Å². The number of hydrogen-bond acceptors (Lipinski definition) is 2. The molecule has 1 fully saturated rings. The third kappa shape index (κ3) is 2.07. The number of amides is 1. The highest BCUT2D eigenvalue weighted by Crippen LogP contribution is 2.21. The van der Waals surface area contributed by atoms with Crippen molar-refractivity contribution in [3.05, 3.63) is 34.3 Å². The molecule has 1 aliphatic heterocycles. The minimum atomic E-state index is -0.329. The number of halogens is 1. The molecule has 0 spiro atoms. The van der Waals surface area contributed by atoms with Gasteiger partial charge in [0, 0.05) is 10.9 Å². The second kappa shape index (κ2) is 4.00. The van der Waals surface area contributed by atoms with Gasteiger partial charge in [0.15, 0.2) is 0 Å². The van der Waals surface area contributed by atoms with E-state index in [2.05, 4.69) is 21.2 Å². The molecule has 0 bridgehead atoms. The molecule has 4 heteroatoms. The molecule has 0 aliphatic carbocycles. The second-order valence-corrected chi connectivity index (χ2v) is 4.09. The van der Waals surface area contributed by atoms with Crippen molar-refractivity contribution in [2.24, 2.45) is 0 Å².